The minimum absolute atomic E-state index is 0.196. The van der Waals surface area contributed by atoms with Crippen molar-refractivity contribution in [2.45, 2.75) is 6.54 Å². The Hall–Kier alpha value is -3.85. The van der Waals surface area contributed by atoms with Crippen molar-refractivity contribution >= 4 is 43.6 Å². The summed E-state index contributed by atoms with van der Waals surface area (Å²) < 4.78 is 6.92. The summed E-state index contributed by atoms with van der Waals surface area (Å²) in [5, 5.41) is 7.27. The lowest BCUT2D eigenvalue weighted by molar-refractivity contribution is -0.116. The van der Waals surface area contributed by atoms with Gasteiger partial charge in [-0.2, -0.15) is 0 Å². The number of aromatic nitrogens is 4. The van der Waals surface area contributed by atoms with Gasteiger partial charge in [0.15, 0.2) is 0 Å². The number of nitrogens with one attached hydrogen (secondary N) is 1. The fourth-order valence-electron chi connectivity index (χ4n) is 3.09. The molecular formula is C20H13N5O3S. The minimum Gasteiger partial charge on any atom is -0.338 e. The number of benzene rings is 1. The highest BCUT2D eigenvalue weighted by molar-refractivity contribution is 7.25. The summed E-state index contributed by atoms with van der Waals surface area (Å²) in [7, 11) is 0. The largest absolute Gasteiger partial charge is 0.338 e. The quantitative estimate of drug-likeness (QED) is 0.494. The molecule has 9 heteroatoms. The Morgan fingerprint density at radius 2 is 2.00 bits per heavy atom. The van der Waals surface area contributed by atoms with Gasteiger partial charge in [0.25, 0.3) is 5.56 Å². The zero-order valence-electron chi connectivity index (χ0n) is 14.9. The molecule has 4 heterocycles. The maximum Gasteiger partial charge on any atom is 0.271 e. The molecule has 8 nitrogen and oxygen atoms in total. The summed E-state index contributed by atoms with van der Waals surface area (Å²) in [6, 6.07) is 13.1. The van der Waals surface area contributed by atoms with E-state index in [1.54, 1.807) is 12.3 Å². The molecule has 1 aromatic carbocycles. The van der Waals surface area contributed by atoms with Gasteiger partial charge >= 0.3 is 0 Å². The molecule has 0 atom stereocenters. The molecule has 0 aliphatic rings. The van der Waals surface area contributed by atoms with E-state index < -0.39 is 5.91 Å². The van der Waals surface area contributed by atoms with Gasteiger partial charge in [-0.15, -0.1) is 11.3 Å². The predicted octanol–water partition coefficient (Wildman–Crippen LogP) is 3.30. The van der Waals surface area contributed by atoms with Crippen LogP contribution in [0.3, 0.4) is 0 Å². The van der Waals surface area contributed by atoms with Crippen LogP contribution in [-0.4, -0.2) is 25.6 Å². The van der Waals surface area contributed by atoms with Gasteiger partial charge in [-0.05, 0) is 17.7 Å². The average molecular weight is 403 g/mol. The number of amides is 1. The number of hydrogen-bond acceptors (Lipinski definition) is 7. The van der Waals surface area contributed by atoms with Gasteiger partial charge in [0.05, 0.1) is 23.6 Å². The number of anilines is 1. The van der Waals surface area contributed by atoms with E-state index in [0.717, 1.165) is 15.8 Å². The van der Waals surface area contributed by atoms with E-state index in [2.05, 4.69) is 20.4 Å². The second-order valence-electron chi connectivity index (χ2n) is 6.30. The van der Waals surface area contributed by atoms with E-state index in [0.29, 0.717) is 15.8 Å². The van der Waals surface area contributed by atoms with Crippen LogP contribution in [0.25, 0.3) is 31.6 Å². The van der Waals surface area contributed by atoms with Crippen LogP contribution >= 0.6 is 11.3 Å². The third kappa shape index (κ3) is 3.07. The van der Waals surface area contributed by atoms with Crippen molar-refractivity contribution in [2.24, 2.45) is 0 Å². The SMILES string of the molecule is O=C(Cn1cnc2c(sc3ncccc32)c1=O)Nc1oncc1-c1ccccc1. The van der Waals surface area contributed by atoms with E-state index in [1.165, 1.54) is 28.4 Å². The van der Waals surface area contributed by atoms with Crippen molar-refractivity contribution in [1.82, 2.24) is 19.7 Å². The first-order valence-corrected chi connectivity index (χ1v) is 9.55. The third-order valence-electron chi connectivity index (χ3n) is 4.44. The summed E-state index contributed by atoms with van der Waals surface area (Å²) in [4.78, 5) is 34.7. The van der Waals surface area contributed by atoms with Crippen LogP contribution in [0.15, 0.2) is 70.5 Å². The maximum atomic E-state index is 12.8. The van der Waals surface area contributed by atoms with E-state index in [-0.39, 0.29) is 18.0 Å². The predicted molar refractivity (Wildman–Crippen MR) is 110 cm³/mol. The van der Waals surface area contributed by atoms with Gasteiger partial charge < -0.3 is 4.52 Å². The minimum atomic E-state index is -0.415. The Bertz CT molecular complexity index is 1400. The summed E-state index contributed by atoms with van der Waals surface area (Å²) >= 11 is 1.27. The Morgan fingerprint density at radius 1 is 1.14 bits per heavy atom. The lowest BCUT2D eigenvalue weighted by Gasteiger charge is -2.06. The Labute approximate surface area is 167 Å². The zero-order valence-corrected chi connectivity index (χ0v) is 15.7. The molecule has 1 amide bonds. The zero-order chi connectivity index (χ0) is 19.8. The second kappa shape index (κ2) is 6.95. The molecular weight excluding hydrogens is 390 g/mol. The summed E-state index contributed by atoms with van der Waals surface area (Å²) in [6.45, 7) is -0.196. The molecule has 1 N–H and O–H groups in total. The number of carbonyl (C=O) groups excluding carboxylic acids is 1. The number of rotatable bonds is 4. The molecule has 0 spiro atoms. The summed E-state index contributed by atoms with van der Waals surface area (Å²) in [5.74, 6) is -0.184. The Kier molecular flexibility index (Phi) is 4.14. The van der Waals surface area contributed by atoms with Crippen molar-refractivity contribution < 1.29 is 9.32 Å². The molecule has 0 saturated heterocycles. The van der Waals surface area contributed by atoms with Crippen LogP contribution in [0.4, 0.5) is 5.88 Å². The van der Waals surface area contributed by atoms with Crippen molar-refractivity contribution in [3.63, 3.8) is 0 Å². The normalized spacial score (nSPS) is 11.2. The molecule has 29 heavy (non-hydrogen) atoms. The topological polar surface area (TPSA) is 103 Å². The molecule has 5 aromatic rings. The van der Waals surface area contributed by atoms with Crippen LogP contribution in [-0.2, 0) is 11.3 Å². The number of hydrogen-bond donors (Lipinski definition) is 1. The molecule has 0 saturated carbocycles. The van der Waals surface area contributed by atoms with Crippen LogP contribution < -0.4 is 10.9 Å². The fourth-order valence-corrected chi connectivity index (χ4v) is 4.14. The van der Waals surface area contributed by atoms with E-state index in [9.17, 15) is 9.59 Å². The number of thiophene rings is 1. The van der Waals surface area contributed by atoms with Gasteiger partial charge in [0.1, 0.15) is 16.1 Å². The summed E-state index contributed by atoms with van der Waals surface area (Å²) in [5.41, 5.74) is 1.84. The van der Waals surface area contributed by atoms with Crippen molar-refractivity contribution in [3.05, 3.63) is 71.5 Å². The third-order valence-corrected chi connectivity index (χ3v) is 5.53. The molecule has 142 valence electrons. The molecule has 5 rings (SSSR count). The number of fused-ring (bicyclic) bond motifs is 3. The van der Waals surface area contributed by atoms with Crippen molar-refractivity contribution in [1.29, 1.82) is 0 Å². The highest BCUT2D eigenvalue weighted by Gasteiger charge is 2.16. The molecule has 0 radical (unpaired) electrons. The lowest BCUT2D eigenvalue weighted by Crippen LogP contribution is -2.27. The molecule has 0 aliphatic heterocycles. The average Bonchev–Trinajstić information content (AvgIpc) is 3.35. The van der Waals surface area contributed by atoms with Crippen LogP contribution in [0.1, 0.15) is 0 Å². The highest BCUT2D eigenvalue weighted by atomic mass is 32.1. The smallest absolute Gasteiger partial charge is 0.271 e. The molecule has 0 unspecified atom stereocenters. The van der Waals surface area contributed by atoms with Gasteiger partial charge in [-0.25, -0.2) is 9.97 Å². The Balaban J connectivity index is 1.43. The fraction of sp³-hybridized carbons (Fsp3) is 0.0500. The molecule has 0 fully saturated rings. The number of nitrogens with zero attached hydrogens (tertiary/aromatic N) is 4. The van der Waals surface area contributed by atoms with Gasteiger partial charge in [0, 0.05) is 11.6 Å². The van der Waals surface area contributed by atoms with E-state index >= 15 is 0 Å². The van der Waals surface area contributed by atoms with Crippen LogP contribution in [0.5, 0.6) is 0 Å². The maximum absolute atomic E-state index is 12.8. The first kappa shape index (κ1) is 17.3. The first-order chi connectivity index (χ1) is 14.2. The molecule has 0 bridgehead atoms. The van der Waals surface area contributed by atoms with Crippen LogP contribution in [0.2, 0.25) is 0 Å². The summed E-state index contributed by atoms with van der Waals surface area (Å²) in [6.07, 6.45) is 4.59. The standard InChI is InChI=1S/C20H13N5O3S/c26-15(24-18-14(9-23-28-18)12-5-2-1-3-6-12)10-25-11-22-16-13-7-4-8-21-19(13)29-17(16)20(25)27/h1-9,11H,10H2,(H,24,26). The number of pyridine rings is 1. The van der Waals surface area contributed by atoms with Gasteiger partial charge in [0.2, 0.25) is 11.8 Å². The molecule has 4 aromatic heterocycles. The van der Waals surface area contributed by atoms with E-state index in [1.807, 2.05) is 36.4 Å². The van der Waals surface area contributed by atoms with Crippen molar-refractivity contribution in [2.75, 3.05) is 5.32 Å². The Morgan fingerprint density at radius 3 is 2.86 bits per heavy atom. The van der Waals surface area contributed by atoms with E-state index in [4.69, 9.17) is 4.52 Å². The molecule has 0 aliphatic carbocycles. The first-order valence-electron chi connectivity index (χ1n) is 8.73. The van der Waals surface area contributed by atoms with Gasteiger partial charge in [-0.3, -0.25) is 19.5 Å². The lowest BCUT2D eigenvalue weighted by atomic mass is 10.1. The second-order valence-corrected chi connectivity index (χ2v) is 7.30. The van der Waals surface area contributed by atoms with Gasteiger partial charge in [-0.1, -0.05) is 35.5 Å². The highest BCUT2D eigenvalue weighted by Crippen LogP contribution is 2.29. The number of carbonyl (C=O) groups is 1. The monoisotopic (exact) mass is 403 g/mol. The van der Waals surface area contributed by atoms with Crippen LogP contribution in [0, 0.1) is 0 Å². The van der Waals surface area contributed by atoms with Crippen molar-refractivity contribution in [3.8, 4) is 11.1 Å².